The summed E-state index contributed by atoms with van der Waals surface area (Å²) in [6, 6.07) is -0.0890. The van der Waals surface area contributed by atoms with E-state index >= 15 is 0 Å². The van der Waals surface area contributed by atoms with Crippen LogP contribution in [0.15, 0.2) is 0 Å². The molecule has 0 heterocycles. The van der Waals surface area contributed by atoms with Gasteiger partial charge in [-0.1, -0.05) is 0 Å². The van der Waals surface area contributed by atoms with Crippen molar-refractivity contribution in [2.24, 2.45) is 5.73 Å². The highest BCUT2D eigenvalue weighted by Crippen LogP contribution is 2.19. The van der Waals surface area contributed by atoms with Crippen LogP contribution in [0.2, 0.25) is 6.04 Å². The van der Waals surface area contributed by atoms with Gasteiger partial charge in [-0.2, -0.15) is 0 Å². The second-order valence-corrected chi connectivity index (χ2v) is 7.45. The summed E-state index contributed by atoms with van der Waals surface area (Å²) < 4.78 is 15.0. The lowest BCUT2D eigenvalue weighted by Crippen LogP contribution is -2.50. The molecule has 11 heteroatoms. The van der Waals surface area contributed by atoms with Crippen LogP contribution in [0.4, 0.5) is 0 Å². The van der Waals surface area contributed by atoms with Crippen molar-refractivity contribution >= 4 is 38.5 Å². The van der Waals surface area contributed by atoms with Gasteiger partial charge in [0.1, 0.15) is 0 Å². The lowest BCUT2D eigenvalue weighted by molar-refractivity contribution is -0.148. The summed E-state index contributed by atoms with van der Waals surface area (Å²) in [5.74, 6) is -3.39. The van der Waals surface area contributed by atoms with Crippen LogP contribution in [-0.4, -0.2) is 56.5 Å². The third kappa shape index (κ3) is 8.88. The predicted octanol–water partition coefficient (Wildman–Crippen LogP) is -0.661. The summed E-state index contributed by atoms with van der Waals surface area (Å²) in [7, 11) is -3.93. The molecule has 0 aliphatic heterocycles. The van der Waals surface area contributed by atoms with Gasteiger partial charge in [-0.15, -0.1) is 0 Å². The van der Waals surface area contributed by atoms with Gasteiger partial charge in [-0.25, -0.2) is 0 Å². The van der Waals surface area contributed by atoms with Crippen LogP contribution < -0.4 is 5.73 Å². The second-order valence-electron chi connectivity index (χ2n) is 4.97. The first-order valence-electron chi connectivity index (χ1n) is 7.10. The van der Waals surface area contributed by atoms with Gasteiger partial charge in [0, 0.05) is 34.2 Å². The van der Waals surface area contributed by atoms with Crippen molar-refractivity contribution in [3.63, 3.8) is 0 Å². The number of amides is 2. The minimum absolute atomic E-state index is 0.0802. The number of nitrogens with two attached hydrogens (primary N) is 1. The van der Waals surface area contributed by atoms with Gasteiger partial charge in [0.05, 0.1) is 12.6 Å². The van der Waals surface area contributed by atoms with Crippen LogP contribution in [0.1, 0.15) is 34.1 Å². The summed E-state index contributed by atoms with van der Waals surface area (Å²) in [6.45, 7) is 4.32. The van der Waals surface area contributed by atoms with Gasteiger partial charge in [0.25, 0.3) is 17.9 Å². The molecule has 0 rings (SSSR count). The van der Waals surface area contributed by atoms with E-state index in [0.717, 1.165) is 20.8 Å². The van der Waals surface area contributed by atoms with Gasteiger partial charge >= 0.3 is 8.80 Å². The SMILES string of the molecule is CC(=O)O[Si](CCCN(CC(N)=O)C(C)=O)(OC(C)=O)OC(C)=O. The van der Waals surface area contributed by atoms with E-state index in [1.54, 1.807) is 0 Å². The number of nitrogens with zero attached hydrogens (tertiary/aromatic N) is 1. The van der Waals surface area contributed by atoms with Crippen LogP contribution in [0.3, 0.4) is 0 Å². The fourth-order valence-corrected chi connectivity index (χ4v) is 4.23. The highest BCUT2D eigenvalue weighted by atomic mass is 28.4. The van der Waals surface area contributed by atoms with Crippen molar-refractivity contribution in [2.45, 2.75) is 40.2 Å². The molecule has 0 aromatic carbocycles. The van der Waals surface area contributed by atoms with Gasteiger partial charge < -0.3 is 23.9 Å². The highest BCUT2D eigenvalue weighted by Gasteiger charge is 2.51. The Balaban J connectivity index is 5.11. The number of hydrogen-bond acceptors (Lipinski definition) is 8. The Morgan fingerprint density at radius 3 is 1.58 bits per heavy atom. The number of carbonyl (C=O) groups excluding carboxylic acids is 5. The Morgan fingerprint density at radius 2 is 1.29 bits per heavy atom. The normalized spacial score (nSPS) is 10.5. The van der Waals surface area contributed by atoms with Crippen molar-refractivity contribution in [1.29, 1.82) is 0 Å². The third-order valence-electron chi connectivity index (χ3n) is 2.60. The van der Waals surface area contributed by atoms with Crippen LogP contribution in [0.25, 0.3) is 0 Å². The molecule has 0 aliphatic rings. The Hall–Kier alpha value is -2.43. The Labute approximate surface area is 140 Å². The molecule has 0 aromatic rings. The first-order valence-corrected chi connectivity index (χ1v) is 9.03. The first-order chi connectivity index (χ1) is 11.0. The van der Waals surface area contributed by atoms with Crippen molar-refractivity contribution in [1.82, 2.24) is 4.90 Å². The average Bonchev–Trinajstić information content (AvgIpc) is 2.33. The third-order valence-corrected chi connectivity index (χ3v) is 5.36. The fourth-order valence-electron chi connectivity index (χ4n) is 1.89. The largest absolute Gasteiger partial charge is 0.705 e. The quantitative estimate of drug-likeness (QED) is 0.533. The van der Waals surface area contributed by atoms with E-state index in [4.69, 9.17) is 19.0 Å². The van der Waals surface area contributed by atoms with Crippen molar-refractivity contribution in [2.75, 3.05) is 13.1 Å². The zero-order valence-corrected chi connectivity index (χ0v) is 15.1. The number of rotatable bonds is 9. The molecule has 0 saturated heterocycles. The monoisotopic (exact) mass is 362 g/mol. The van der Waals surface area contributed by atoms with Gasteiger partial charge in [0.2, 0.25) is 11.8 Å². The molecule has 0 aliphatic carbocycles. The van der Waals surface area contributed by atoms with E-state index in [0.29, 0.717) is 0 Å². The molecule has 0 aromatic heterocycles. The molecule has 0 unspecified atom stereocenters. The van der Waals surface area contributed by atoms with Gasteiger partial charge in [0.15, 0.2) is 0 Å². The zero-order valence-electron chi connectivity index (χ0n) is 14.1. The smallest absolute Gasteiger partial charge is 0.455 e. The van der Waals surface area contributed by atoms with E-state index in [9.17, 15) is 24.0 Å². The maximum Gasteiger partial charge on any atom is 0.705 e. The summed E-state index contributed by atoms with van der Waals surface area (Å²) in [4.78, 5) is 57.4. The molecule has 0 radical (unpaired) electrons. The van der Waals surface area contributed by atoms with Crippen LogP contribution in [0.5, 0.6) is 0 Å². The summed E-state index contributed by atoms with van der Waals surface area (Å²) in [5, 5.41) is 0. The van der Waals surface area contributed by atoms with E-state index in [2.05, 4.69) is 0 Å². The van der Waals surface area contributed by atoms with Crippen molar-refractivity contribution in [3.8, 4) is 0 Å². The zero-order chi connectivity index (χ0) is 18.9. The molecule has 0 atom stereocenters. The summed E-state index contributed by atoms with van der Waals surface area (Å²) >= 11 is 0. The predicted molar refractivity (Wildman–Crippen MR) is 81.9 cm³/mol. The summed E-state index contributed by atoms with van der Waals surface area (Å²) in [6.07, 6.45) is 0.160. The Morgan fingerprint density at radius 1 is 0.875 bits per heavy atom. The van der Waals surface area contributed by atoms with Crippen molar-refractivity contribution < 1.29 is 37.3 Å². The van der Waals surface area contributed by atoms with Gasteiger partial charge in [-0.3, -0.25) is 24.0 Å². The molecule has 0 spiro atoms. The topological polar surface area (TPSA) is 142 Å². The van der Waals surface area contributed by atoms with Gasteiger partial charge in [-0.05, 0) is 6.42 Å². The molecule has 10 nitrogen and oxygen atoms in total. The number of hydrogen-bond donors (Lipinski definition) is 1. The lowest BCUT2D eigenvalue weighted by Gasteiger charge is -2.27. The van der Waals surface area contributed by atoms with Crippen molar-refractivity contribution in [3.05, 3.63) is 0 Å². The Bertz CT molecular complexity index is 481. The second kappa shape index (κ2) is 9.65. The molecule has 0 saturated carbocycles. The molecule has 24 heavy (non-hydrogen) atoms. The van der Waals surface area contributed by atoms with E-state index in [1.807, 2.05) is 0 Å². The molecule has 0 bridgehead atoms. The van der Waals surface area contributed by atoms with E-state index in [1.165, 1.54) is 11.8 Å². The molecule has 2 amide bonds. The van der Waals surface area contributed by atoms with Crippen LogP contribution in [-0.2, 0) is 37.3 Å². The maximum absolute atomic E-state index is 11.4. The molecular formula is C13H22N2O8Si. The molecule has 136 valence electrons. The average molecular weight is 362 g/mol. The molecule has 2 N–H and O–H groups in total. The fraction of sp³-hybridized carbons (Fsp3) is 0.615. The van der Waals surface area contributed by atoms with E-state index < -0.39 is 32.6 Å². The highest BCUT2D eigenvalue weighted by molar-refractivity contribution is 6.65. The first kappa shape index (κ1) is 21.6. The van der Waals surface area contributed by atoms with Crippen LogP contribution in [0, 0.1) is 0 Å². The number of carbonyl (C=O) groups is 5. The maximum atomic E-state index is 11.4. The van der Waals surface area contributed by atoms with E-state index in [-0.39, 0.29) is 31.5 Å². The minimum atomic E-state index is -3.93. The number of primary amides is 1. The molecule has 0 fully saturated rings. The standard InChI is InChI=1S/C13H22N2O8Si/c1-9(16)15(8-13(14)20)6-5-7-24(21-10(2)17,22-11(3)18)23-12(4)19/h5-8H2,1-4H3,(H2,14,20). The Kier molecular flexibility index (Phi) is 8.67. The molecular weight excluding hydrogens is 340 g/mol. The minimum Gasteiger partial charge on any atom is -0.455 e. The van der Waals surface area contributed by atoms with Crippen LogP contribution >= 0.6 is 0 Å². The lowest BCUT2D eigenvalue weighted by atomic mass is 10.4. The summed E-state index contributed by atoms with van der Waals surface area (Å²) in [5.41, 5.74) is 5.05.